The summed E-state index contributed by atoms with van der Waals surface area (Å²) < 4.78 is 11.2. The molecule has 21 heavy (non-hydrogen) atoms. The second-order valence-corrected chi connectivity index (χ2v) is 5.61. The molecule has 0 radical (unpaired) electrons. The van der Waals surface area contributed by atoms with Crippen molar-refractivity contribution in [1.29, 1.82) is 0 Å². The second kappa shape index (κ2) is 5.50. The molecule has 1 aromatic carbocycles. The van der Waals surface area contributed by atoms with Crippen LogP contribution in [0, 0.1) is 6.92 Å². The summed E-state index contributed by atoms with van der Waals surface area (Å²) in [4.78, 5) is 14.2. The molecule has 112 valence electrons. The Balaban J connectivity index is 1.85. The predicted molar refractivity (Wildman–Crippen MR) is 78.3 cm³/mol. The van der Waals surface area contributed by atoms with Crippen LogP contribution < -0.4 is 0 Å². The summed E-state index contributed by atoms with van der Waals surface area (Å²) in [5, 5.41) is 10.2. The summed E-state index contributed by atoms with van der Waals surface area (Å²) >= 11 is 0. The van der Waals surface area contributed by atoms with Crippen molar-refractivity contribution in [2.45, 2.75) is 26.1 Å². The number of aliphatic hydroxyl groups excluding tert-OH is 1. The first-order valence-electron chi connectivity index (χ1n) is 7.12. The number of amides is 1. The van der Waals surface area contributed by atoms with Gasteiger partial charge in [-0.2, -0.15) is 0 Å². The second-order valence-electron chi connectivity index (χ2n) is 5.61. The molecule has 2 atom stereocenters. The molecule has 1 saturated heterocycles. The monoisotopic (exact) mass is 289 g/mol. The smallest absolute Gasteiger partial charge is 0.289 e. The first-order chi connectivity index (χ1) is 10.1. The van der Waals surface area contributed by atoms with Gasteiger partial charge in [-0.3, -0.25) is 4.79 Å². The molecular weight excluding hydrogens is 270 g/mol. The molecule has 0 bridgehead atoms. The van der Waals surface area contributed by atoms with Crippen LogP contribution in [0.15, 0.2) is 28.7 Å². The van der Waals surface area contributed by atoms with Gasteiger partial charge in [-0.25, -0.2) is 0 Å². The number of carbonyl (C=O) groups excluding carboxylic acids is 1. The van der Waals surface area contributed by atoms with E-state index in [2.05, 4.69) is 0 Å². The van der Waals surface area contributed by atoms with Gasteiger partial charge < -0.3 is 19.2 Å². The first kappa shape index (κ1) is 14.1. The normalized spacial score (nSPS) is 22.7. The zero-order valence-electron chi connectivity index (χ0n) is 12.2. The minimum atomic E-state index is -0.329. The highest BCUT2D eigenvalue weighted by Gasteiger charge is 2.30. The lowest BCUT2D eigenvalue weighted by Crippen LogP contribution is -2.50. The van der Waals surface area contributed by atoms with E-state index in [-0.39, 0.29) is 24.7 Å². The van der Waals surface area contributed by atoms with Gasteiger partial charge in [0.25, 0.3) is 5.91 Å². The third-order valence-electron chi connectivity index (χ3n) is 3.70. The van der Waals surface area contributed by atoms with Gasteiger partial charge in [0.15, 0.2) is 5.76 Å². The van der Waals surface area contributed by atoms with Crippen molar-refractivity contribution in [3.8, 4) is 0 Å². The van der Waals surface area contributed by atoms with Crippen LogP contribution in [0.5, 0.6) is 0 Å². The summed E-state index contributed by atoms with van der Waals surface area (Å²) in [6.45, 7) is 4.70. The summed E-state index contributed by atoms with van der Waals surface area (Å²) in [5.74, 6) is 0.179. The number of furan rings is 1. The Kier molecular flexibility index (Phi) is 3.69. The zero-order chi connectivity index (χ0) is 15.0. The van der Waals surface area contributed by atoms with E-state index in [1.54, 1.807) is 11.0 Å². The van der Waals surface area contributed by atoms with Crippen molar-refractivity contribution >= 4 is 16.9 Å². The fourth-order valence-corrected chi connectivity index (χ4v) is 2.74. The number of aryl methyl sites for hydroxylation is 1. The molecule has 1 N–H and O–H groups in total. The molecule has 1 aromatic heterocycles. The lowest BCUT2D eigenvalue weighted by Gasteiger charge is -2.35. The first-order valence-corrected chi connectivity index (χ1v) is 7.12. The number of morpholine rings is 1. The summed E-state index contributed by atoms with van der Waals surface area (Å²) in [6, 6.07) is 7.60. The van der Waals surface area contributed by atoms with Gasteiger partial charge in [-0.15, -0.1) is 0 Å². The van der Waals surface area contributed by atoms with Gasteiger partial charge in [0.2, 0.25) is 0 Å². The van der Waals surface area contributed by atoms with E-state index in [4.69, 9.17) is 9.15 Å². The molecule has 2 heterocycles. The van der Waals surface area contributed by atoms with E-state index in [1.165, 1.54) is 0 Å². The number of hydrogen-bond acceptors (Lipinski definition) is 4. The number of ether oxygens (including phenoxy) is 1. The summed E-state index contributed by atoms with van der Waals surface area (Å²) in [6.07, 6.45) is -0.421. The van der Waals surface area contributed by atoms with Crippen LogP contribution in [0.25, 0.3) is 11.0 Å². The summed E-state index contributed by atoms with van der Waals surface area (Å²) in [5.41, 5.74) is 1.84. The van der Waals surface area contributed by atoms with Gasteiger partial charge in [0.05, 0.1) is 18.8 Å². The van der Waals surface area contributed by atoms with Gasteiger partial charge in [0, 0.05) is 18.5 Å². The number of nitrogens with zero attached hydrogens (tertiary/aromatic N) is 1. The van der Waals surface area contributed by atoms with Crippen LogP contribution >= 0.6 is 0 Å². The number of hydrogen-bond donors (Lipinski definition) is 1. The molecule has 0 aliphatic carbocycles. The van der Waals surface area contributed by atoms with Crippen LogP contribution in [-0.2, 0) is 4.74 Å². The average Bonchev–Trinajstić information content (AvgIpc) is 2.88. The fraction of sp³-hybridized carbons (Fsp3) is 0.438. The Morgan fingerprint density at radius 3 is 2.95 bits per heavy atom. The number of aliphatic hydroxyl groups is 1. The van der Waals surface area contributed by atoms with Crippen molar-refractivity contribution in [3.63, 3.8) is 0 Å². The number of benzene rings is 1. The fourth-order valence-electron chi connectivity index (χ4n) is 2.74. The highest BCUT2D eigenvalue weighted by Crippen LogP contribution is 2.23. The molecule has 1 fully saturated rings. The Morgan fingerprint density at radius 2 is 2.19 bits per heavy atom. The Morgan fingerprint density at radius 1 is 1.38 bits per heavy atom. The molecule has 2 unspecified atom stereocenters. The largest absolute Gasteiger partial charge is 0.451 e. The van der Waals surface area contributed by atoms with E-state index in [9.17, 15) is 9.90 Å². The van der Waals surface area contributed by atoms with Crippen molar-refractivity contribution in [3.05, 3.63) is 35.6 Å². The molecule has 5 heteroatoms. The summed E-state index contributed by atoms with van der Waals surface area (Å²) in [7, 11) is 0. The van der Waals surface area contributed by atoms with Gasteiger partial charge >= 0.3 is 0 Å². The maximum atomic E-state index is 12.6. The van der Waals surface area contributed by atoms with E-state index in [0.29, 0.717) is 24.4 Å². The van der Waals surface area contributed by atoms with Crippen molar-refractivity contribution in [1.82, 2.24) is 4.90 Å². The number of fused-ring (bicyclic) bond motifs is 1. The molecule has 1 aliphatic rings. The third kappa shape index (κ3) is 2.80. The third-order valence-corrected chi connectivity index (χ3v) is 3.70. The van der Waals surface area contributed by atoms with Crippen molar-refractivity contribution in [2.24, 2.45) is 0 Å². The van der Waals surface area contributed by atoms with Gasteiger partial charge in [0.1, 0.15) is 5.58 Å². The molecule has 0 saturated carbocycles. The quantitative estimate of drug-likeness (QED) is 0.918. The van der Waals surface area contributed by atoms with Gasteiger partial charge in [-0.1, -0.05) is 11.6 Å². The maximum absolute atomic E-state index is 12.6. The number of rotatable bonds is 2. The molecule has 1 amide bonds. The van der Waals surface area contributed by atoms with Gasteiger partial charge in [-0.05, 0) is 32.0 Å². The maximum Gasteiger partial charge on any atom is 0.289 e. The van der Waals surface area contributed by atoms with Crippen LogP contribution in [-0.4, -0.2) is 47.8 Å². The van der Waals surface area contributed by atoms with E-state index in [1.807, 2.05) is 32.0 Å². The van der Waals surface area contributed by atoms with E-state index in [0.717, 1.165) is 10.9 Å². The van der Waals surface area contributed by atoms with E-state index >= 15 is 0 Å². The number of carbonyl (C=O) groups is 1. The lowest BCUT2D eigenvalue weighted by molar-refractivity contribution is -0.0862. The highest BCUT2D eigenvalue weighted by atomic mass is 16.5. The zero-order valence-corrected chi connectivity index (χ0v) is 12.2. The average molecular weight is 289 g/mol. The Hall–Kier alpha value is -1.85. The van der Waals surface area contributed by atoms with Crippen molar-refractivity contribution in [2.75, 3.05) is 19.7 Å². The van der Waals surface area contributed by atoms with Crippen LogP contribution in [0.4, 0.5) is 0 Å². The Labute approximate surface area is 123 Å². The highest BCUT2D eigenvalue weighted by molar-refractivity contribution is 5.96. The molecule has 5 nitrogen and oxygen atoms in total. The van der Waals surface area contributed by atoms with E-state index < -0.39 is 0 Å². The van der Waals surface area contributed by atoms with Crippen LogP contribution in [0.3, 0.4) is 0 Å². The minimum absolute atomic E-state index is 0.0898. The lowest BCUT2D eigenvalue weighted by atomic mass is 10.2. The SMILES string of the molecule is Cc1ccc2oc(C(=O)N3CC(C)OC(CO)C3)cc2c1. The topological polar surface area (TPSA) is 62.9 Å². The standard InChI is InChI=1S/C16H19NO4/c1-10-3-4-14-12(5-10)6-15(21-14)16(19)17-7-11(2)20-13(8-17)9-18/h3-6,11,13,18H,7-9H2,1-2H3. The molecule has 0 spiro atoms. The predicted octanol–water partition coefficient (Wildman–Crippen LogP) is 1.96. The Bertz CT molecular complexity index is 663. The minimum Gasteiger partial charge on any atom is -0.451 e. The van der Waals surface area contributed by atoms with Crippen molar-refractivity contribution < 1.29 is 19.1 Å². The molecule has 3 rings (SSSR count). The molecule has 1 aliphatic heterocycles. The van der Waals surface area contributed by atoms with Crippen LogP contribution in [0.2, 0.25) is 0 Å². The molecular formula is C16H19NO4. The van der Waals surface area contributed by atoms with Crippen LogP contribution in [0.1, 0.15) is 23.0 Å². The molecule has 2 aromatic rings.